The average Bonchev–Trinajstić information content (AvgIpc) is 3.44. The number of hydrogen-bond donors (Lipinski definition) is 2. The normalized spacial score (nSPS) is 13.7. The third-order valence-electron chi connectivity index (χ3n) is 17.4. The molecule has 0 aromatic rings. The number of carbonyl (C=O) groups excluding carboxylic acids is 2. The number of carboxylic acids is 1. The van der Waals surface area contributed by atoms with Crippen LogP contribution in [-0.4, -0.2) is 48.6 Å². The monoisotopic (exact) mass is 1160 g/mol. The first-order chi connectivity index (χ1) is 39.6. The molecular weight excluding hydrogens is 1020 g/mol. The minimum Gasteiger partial charge on any atom is -0.481 e. The number of methoxy groups -OCH3 is 2. The number of esters is 2. The lowest BCUT2D eigenvalue weighted by Gasteiger charge is -2.25. The van der Waals surface area contributed by atoms with Crippen molar-refractivity contribution >= 4 is 17.9 Å². The van der Waals surface area contributed by atoms with Crippen LogP contribution in [0.15, 0.2) is 12.2 Å². The molecule has 6 atom stereocenters. The van der Waals surface area contributed by atoms with E-state index in [9.17, 15) is 19.6 Å². The number of aliphatic carboxylic acids is 1. The smallest absolute Gasteiger partial charge is 0.305 e. The molecule has 0 rings (SSSR count). The Morgan fingerprint density at radius 2 is 0.622 bits per heavy atom. The van der Waals surface area contributed by atoms with Crippen LogP contribution in [0.5, 0.6) is 0 Å². The van der Waals surface area contributed by atoms with Crippen molar-refractivity contribution in [3.63, 3.8) is 0 Å². The second-order valence-electron chi connectivity index (χ2n) is 27.0. The lowest BCUT2D eigenvalue weighted by atomic mass is 9.86. The summed E-state index contributed by atoms with van der Waals surface area (Å²) in [5, 5.41) is 18.5. The summed E-state index contributed by atoms with van der Waals surface area (Å²) >= 11 is 0. The summed E-state index contributed by atoms with van der Waals surface area (Å²) < 4.78 is 9.35. The Morgan fingerprint density at radius 3 is 0.963 bits per heavy atom. The van der Waals surface area contributed by atoms with Crippen molar-refractivity contribution in [2.45, 2.75) is 390 Å². The van der Waals surface area contributed by atoms with Crippen molar-refractivity contribution in [2.24, 2.45) is 41.4 Å². The predicted molar refractivity (Wildman–Crippen MR) is 356 cm³/mol. The van der Waals surface area contributed by atoms with Gasteiger partial charge in [0.25, 0.3) is 0 Å². The zero-order valence-corrected chi connectivity index (χ0v) is 57.3. The molecule has 82 heavy (non-hydrogen) atoms. The van der Waals surface area contributed by atoms with Gasteiger partial charge in [0, 0.05) is 19.3 Å². The Labute approximate surface area is 512 Å². The summed E-state index contributed by atoms with van der Waals surface area (Å²) in [6, 6.07) is 0. The zero-order valence-electron chi connectivity index (χ0n) is 57.3. The molecule has 0 fully saturated rings. The summed E-state index contributed by atoms with van der Waals surface area (Å²) in [6.45, 7) is 23.4. The highest BCUT2D eigenvalue weighted by Gasteiger charge is 2.22. The molecule has 0 aliphatic rings. The van der Waals surface area contributed by atoms with Gasteiger partial charge in [-0.1, -0.05) is 313 Å². The Hall–Kier alpha value is -1.93. The number of rotatable bonds is 59. The minimum absolute atomic E-state index is 0.00677. The molecule has 0 aromatic carbocycles. The van der Waals surface area contributed by atoms with Crippen LogP contribution in [0.1, 0.15) is 384 Å². The Balaban J connectivity index is -0.00000127. The van der Waals surface area contributed by atoms with Gasteiger partial charge in [-0.2, -0.15) is 0 Å². The molecular formula is C74H146O8. The maximum Gasteiger partial charge on any atom is 0.305 e. The molecule has 0 saturated heterocycles. The van der Waals surface area contributed by atoms with Crippen molar-refractivity contribution < 1.29 is 39.1 Å². The molecule has 0 heterocycles. The summed E-state index contributed by atoms with van der Waals surface area (Å²) in [6.07, 6.45) is 64.2. The molecule has 8 heteroatoms. The predicted octanol–water partition coefficient (Wildman–Crippen LogP) is 24.4. The van der Waals surface area contributed by atoms with Crippen molar-refractivity contribution in [3.8, 4) is 0 Å². The summed E-state index contributed by atoms with van der Waals surface area (Å²) in [7, 11) is 2.92. The highest BCUT2D eigenvalue weighted by atomic mass is 17.1. The molecule has 2 N–H and O–H groups in total. The molecule has 0 radical (unpaired) electrons. The fourth-order valence-corrected chi connectivity index (χ4v) is 11.6. The van der Waals surface area contributed by atoms with Gasteiger partial charge in [-0.3, -0.25) is 19.6 Å². The van der Waals surface area contributed by atoms with Crippen LogP contribution in [0.3, 0.4) is 0 Å². The van der Waals surface area contributed by atoms with Crippen molar-refractivity contribution in [1.82, 2.24) is 0 Å². The second kappa shape index (κ2) is 66.6. The lowest BCUT2D eigenvalue weighted by Crippen LogP contribution is -2.23. The third kappa shape index (κ3) is 68.8. The number of hydrogen-bond acceptors (Lipinski definition) is 7. The van der Waals surface area contributed by atoms with E-state index in [-0.39, 0.29) is 18.0 Å². The Kier molecular flexibility index (Phi) is 68.4. The minimum atomic E-state index is -0.659. The van der Waals surface area contributed by atoms with Gasteiger partial charge in [0.2, 0.25) is 0 Å². The van der Waals surface area contributed by atoms with Gasteiger partial charge >= 0.3 is 17.9 Å². The van der Waals surface area contributed by atoms with E-state index in [1.54, 1.807) is 0 Å². The molecule has 0 aliphatic carbocycles. The number of ether oxygens (including phenoxy) is 2. The zero-order chi connectivity index (χ0) is 61.5. The fourth-order valence-electron chi connectivity index (χ4n) is 11.6. The molecule has 0 amide bonds. The highest BCUT2D eigenvalue weighted by molar-refractivity contribution is 5.69. The Bertz CT molecular complexity index is 1330. The topological polar surface area (TPSA) is 119 Å². The first kappa shape index (κ1) is 84.3. The van der Waals surface area contributed by atoms with Crippen molar-refractivity contribution in [1.29, 1.82) is 0 Å². The van der Waals surface area contributed by atoms with E-state index in [1.165, 1.54) is 252 Å². The van der Waals surface area contributed by atoms with Crippen LogP contribution in [0, 0.1) is 41.4 Å². The van der Waals surface area contributed by atoms with E-state index in [2.05, 4.69) is 86.1 Å². The van der Waals surface area contributed by atoms with E-state index in [0.717, 1.165) is 93.3 Å². The second-order valence-corrected chi connectivity index (χ2v) is 27.0. The van der Waals surface area contributed by atoms with Gasteiger partial charge in [-0.05, 0) is 106 Å². The third-order valence-corrected chi connectivity index (χ3v) is 17.4. The quantitative estimate of drug-likeness (QED) is 0.0203. The van der Waals surface area contributed by atoms with Gasteiger partial charge in [0.15, 0.2) is 0 Å². The average molecular weight is 1160 g/mol. The summed E-state index contributed by atoms with van der Waals surface area (Å²) in [5.41, 5.74) is 0. The van der Waals surface area contributed by atoms with Crippen LogP contribution in [0.25, 0.3) is 0 Å². The number of carbonyl (C=O) groups is 3. The maximum absolute atomic E-state index is 11.3. The van der Waals surface area contributed by atoms with E-state index >= 15 is 0 Å². The van der Waals surface area contributed by atoms with E-state index in [0.29, 0.717) is 25.2 Å². The Morgan fingerprint density at radius 1 is 0.341 bits per heavy atom. The largest absolute Gasteiger partial charge is 0.481 e. The van der Waals surface area contributed by atoms with Crippen LogP contribution in [0.4, 0.5) is 0 Å². The lowest BCUT2D eigenvalue weighted by molar-refractivity contribution is -0.292. The number of unbranched alkanes of at least 4 members (excludes halogenated alkanes) is 23. The van der Waals surface area contributed by atoms with Gasteiger partial charge in [-0.25, -0.2) is 4.89 Å². The molecule has 0 bridgehead atoms. The molecule has 490 valence electrons. The number of carboxylic acid groups (broad SMARTS) is 1. The van der Waals surface area contributed by atoms with Crippen LogP contribution >= 0.6 is 0 Å². The van der Waals surface area contributed by atoms with E-state index in [1.807, 2.05) is 0 Å². The summed E-state index contributed by atoms with van der Waals surface area (Å²) in [5.74, 6) is 4.62. The first-order valence-corrected chi connectivity index (χ1v) is 35.9. The van der Waals surface area contributed by atoms with Crippen molar-refractivity contribution in [2.75, 3.05) is 14.2 Å². The molecule has 0 aliphatic heterocycles. The summed E-state index contributed by atoms with van der Waals surface area (Å²) in [4.78, 5) is 37.7. The maximum atomic E-state index is 11.3. The molecule has 6 unspecified atom stereocenters. The first-order valence-electron chi connectivity index (χ1n) is 35.9. The van der Waals surface area contributed by atoms with Crippen LogP contribution in [-0.2, 0) is 28.7 Å². The number of allylic oxidation sites excluding steroid dienone is 2. The van der Waals surface area contributed by atoms with E-state index in [4.69, 9.17) is 14.7 Å². The van der Waals surface area contributed by atoms with Crippen LogP contribution in [0.2, 0.25) is 0 Å². The molecule has 0 spiro atoms. The van der Waals surface area contributed by atoms with Crippen LogP contribution < -0.4 is 0 Å². The van der Waals surface area contributed by atoms with Gasteiger partial charge < -0.3 is 14.6 Å². The van der Waals surface area contributed by atoms with Gasteiger partial charge in [0.1, 0.15) is 0 Å². The van der Waals surface area contributed by atoms with Gasteiger partial charge in [-0.15, -0.1) is 0 Å². The molecule has 0 saturated carbocycles. The van der Waals surface area contributed by atoms with Crippen molar-refractivity contribution in [3.05, 3.63) is 12.2 Å². The molecule has 0 aromatic heterocycles. The SMILES string of the molecule is CC(C)CCCC(C)CCCC(C)CCCCC(=O)O.CCCCCCCC/C=C\CCCCCCCC(=O)OC.CCCCCCCCC(CCCCCCCCC(=O)OC)C(CCCCC(C)CCCC(C)CCCC(C)C)OO. The van der Waals surface area contributed by atoms with E-state index < -0.39 is 5.97 Å². The highest BCUT2D eigenvalue weighted by Crippen LogP contribution is 2.29. The standard InChI is InChI=1S/C37H74O4.C19H36O2.C18H36O2/c1-7-8-9-10-13-16-28-35(29-17-14-11-12-15-18-31-37(38)40-6)36(41-39)30-20-19-24-33(4)26-22-27-34(5)25-21-23-32(2)3;1-3-4-5-6-7-8-9-10-11-12-13-14-15-16-17-18-19(20)21-2;1-15(2)9-7-11-17(4)13-8-12-16(3)10-5-6-14-18(19)20/h32-36,39H,7-31H2,1-6H3;10-11H,3-9,12-18H2,1-2H3;15-17H,5-14H2,1-4H3,(H,19,20)/b;11-10-;. The fraction of sp³-hybridized carbons (Fsp3) is 0.932. The molecule has 8 nitrogen and oxygen atoms in total. The van der Waals surface area contributed by atoms with Gasteiger partial charge in [0.05, 0.1) is 20.3 Å².